The van der Waals surface area contributed by atoms with Crippen molar-refractivity contribution in [3.05, 3.63) is 29.3 Å². The van der Waals surface area contributed by atoms with Gasteiger partial charge in [0.05, 0.1) is 11.3 Å². The Morgan fingerprint density at radius 3 is 2.41 bits per heavy atom. The highest BCUT2D eigenvalue weighted by atomic mass is 19.4. The molecule has 1 aromatic carbocycles. The zero-order valence-electron chi connectivity index (χ0n) is 10.0. The lowest BCUT2D eigenvalue weighted by Gasteiger charge is -2.13. The van der Waals surface area contributed by atoms with E-state index in [1.54, 1.807) is 0 Å². The first kappa shape index (κ1) is 13.8. The lowest BCUT2D eigenvalue weighted by Crippen LogP contribution is -2.28. The molecule has 1 aromatic rings. The molecule has 2 nitrogen and oxygen atoms in total. The molecule has 1 aliphatic heterocycles. The highest BCUT2D eigenvalue weighted by Gasteiger charge is 2.32. The van der Waals surface area contributed by atoms with Crippen LogP contribution in [0.25, 0.3) is 0 Å². The molecule has 5 heteroatoms. The van der Waals surface area contributed by atoms with E-state index in [0.717, 1.165) is 17.7 Å². The van der Waals surface area contributed by atoms with E-state index in [-0.39, 0.29) is 0 Å². The highest BCUT2D eigenvalue weighted by Crippen LogP contribution is 2.34. The maximum atomic E-state index is 12.3. The Bertz CT molecular complexity index is 375. The average Bonchev–Trinajstić information content (AvgIpc) is 2.60. The van der Waals surface area contributed by atoms with E-state index in [9.17, 15) is 13.2 Å². The van der Waals surface area contributed by atoms with Gasteiger partial charge in [0.2, 0.25) is 0 Å². The zero-order valence-corrected chi connectivity index (χ0v) is 10.0. The molecule has 0 unspecified atom stereocenters. The molecule has 0 saturated heterocycles. The lowest BCUT2D eigenvalue weighted by atomic mass is 10.1. The standard InChI is InChI=1S/C9H9F3N2.C3H8/c10-9(11,12)7-2-1-6-3-4-14(13)8(6)5-7;1-3-2/h1-2,5H,3-4,13H2;3H2,1-2H3. The van der Waals surface area contributed by atoms with Gasteiger partial charge < -0.3 is 5.01 Å². The number of nitrogens with zero attached hydrogens (tertiary/aromatic N) is 1. The average molecular weight is 246 g/mol. The fraction of sp³-hybridized carbons (Fsp3) is 0.500. The Hall–Kier alpha value is -1.23. The quantitative estimate of drug-likeness (QED) is 0.711. The number of fused-ring (bicyclic) bond motifs is 1. The largest absolute Gasteiger partial charge is 0.416 e. The van der Waals surface area contributed by atoms with Crippen LogP contribution in [0.2, 0.25) is 0 Å². The van der Waals surface area contributed by atoms with Gasteiger partial charge in [-0.25, -0.2) is 5.84 Å². The summed E-state index contributed by atoms with van der Waals surface area (Å²) in [5.74, 6) is 5.52. The van der Waals surface area contributed by atoms with Gasteiger partial charge in [0.15, 0.2) is 0 Å². The Kier molecular flexibility index (Phi) is 4.40. The molecule has 0 saturated carbocycles. The van der Waals surface area contributed by atoms with Crippen LogP contribution in [0.15, 0.2) is 18.2 Å². The van der Waals surface area contributed by atoms with Crippen molar-refractivity contribution in [3.63, 3.8) is 0 Å². The fourth-order valence-corrected chi connectivity index (χ4v) is 1.58. The minimum atomic E-state index is -4.29. The summed E-state index contributed by atoms with van der Waals surface area (Å²) >= 11 is 0. The van der Waals surface area contributed by atoms with E-state index in [4.69, 9.17) is 5.84 Å². The molecule has 0 amide bonds. The number of rotatable bonds is 0. The van der Waals surface area contributed by atoms with Crippen LogP contribution in [-0.4, -0.2) is 6.54 Å². The highest BCUT2D eigenvalue weighted by molar-refractivity contribution is 5.58. The first-order valence-corrected chi connectivity index (χ1v) is 5.62. The molecule has 0 radical (unpaired) electrons. The van der Waals surface area contributed by atoms with Crippen molar-refractivity contribution in [2.24, 2.45) is 5.84 Å². The first-order valence-electron chi connectivity index (χ1n) is 5.62. The molecule has 1 aliphatic rings. The van der Waals surface area contributed by atoms with Crippen LogP contribution < -0.4 is 10.9 Å². The van der Waals surface area contributed by atoms with Gasteiger partial charge in [-0.15, -0.1) is 0 Å². The second-order valence-electron chi connectivity index (χ2n) is 3.99. The first-order chi connectivity index (χ1) is 7.90. The predicted octanol–water partition coefficient (Wildman–Crippen LogP) is 3.36. The summed E-state index contributed by atoms with van der Waals surface area (Å²) in [6.07, 6.45) is -2.33. The molecular weight excluding hydrogens is 229 g/mol. The third kappa shape index (κ3) is 3.36. The van der Waals surface area contributed by atoms with Crippen LogP contribution in [0.1, 0.15) is 31.4 Å². The number of alkyl halides is 3. The van der Waals surface area contributed by atoms with E-state index >= 15 is 0 Å². The summed E-state index contributed by atoms with van der Waals surface area (Å²) in [5, 5.41) is 1.35. The van der Waals surface area contributed by atoms with Gasteiger partial charge in [-0.1, -0.05) is 26.3 Å². The molecule has 2 N–H and O–H groups in total. The predicted molar refractivity (Wildman–Crippen MR) is 62.6 cm³/mol. The number of benzene rings is 1. The zero-order chi connectivity index (χ0) is 13.1. The maximum absolute atomic E-state index is 12.3. The van der Waals surface area contributed by atoms with Crippen molar-refractivity contribution in [2.45, 2.75) is 32.9 Å². The maximum Gasteiger partial charge on any atom is 0.416 e. The van der Waals surface area contributed by atoms with Crippen LogP contribution in [0.3, 0.4) is 0 Å². The second-order valence-corrected chi connectivity index (χ2v) is 3.99. The van der Waals surface area contributed by atoms with Gasteiger partial charge in [-0.2, -0.15) is 13.2 Å². The number of anilines is 1. The molecule has 96 valence electrons. The normalized spacial score (nSPS) is 14.1. The minimum Gasteiger partial charge on any atom is -0.310 e. The third-order valence-corrected chi connectivity index (χ3v) is 2.34. The molecule has 0 aliphatic carbocycles. The summed E-state index contributed by atoms with van der Waals surface area (Å²) in [7, 11) is 0. The molecule has 17 heavy (non-hydrogen) atoms. The molecule has 0 atom stereocenters. The molecular formula is C12H17F3N2. The van der Waals surface area contributed by atoms with E-state index in [1.807, 2.05) is 0 Å². The Morgan fingerprint density at radius 2 is 1.88 bits per heavy atom. The van der Waals surface area contributed by atoms with E-state index in [2.05, 4.69) is 13.8 Å². The molecule has 1 heterocycles. The number of hydrogen-bond donors (Lipinski definition) is 1. The number of nitrogens with two attached hydrogens (primary N) is 1. The summed E-state index contributed by atoms with van der Waals surface area (Å²) in [5.41, 5.74) is 0.717. The van der Waals surface area contributed by atoms with Crippen molar-refractivity contribution in [1.29, 1.82) is 0 Å². The van der Waals surface area contributed by atoms with Crippen LogP contribution >= 0.6 is 0 Å². The monoisotopic (exact) mass is 246 g/mol. The molecule has 0 aromatic heterocycles. The van der Waals surface area contributed by atoms with Crippen LogP contribution in [0.4, 0.5) is 18.9 Å². The van der Waals surface area contributed by atoms with Crippen molar-refractivity contribution in [1.82, 2.24) is 0 Å². The summed E-state index contributed by atoms with van der Waals surface area (Å²) in [6, 6.07) is 3.69. The van der Waals surface area contributed by atoms with Crippen LogP contribution in [-0.2, 0) is 12.6 Å². The van der Waals surface area contributed by atoms with Crippen molar-refractivity contribution < 1.29 is 13.2 Å². The Labute approximate surface area is 99.2 Å². The lowest BCUT2D eigenvalue weighted by molar-refractivity contribution is -0.137. The smallest absolute Gasteiger partial charge is 0.310 e. The van der Waals surface area contributed by atoms with Crippen LogP contribution in [0, 0.1) is 0 Å². The summed E-state index contributed by atoms with van der Waals surface area (Å²) in [6.45, 7) is 4.83. The number of halogens is 3. The van der Waals surface area contributed by atoms with Crippen molar-refractivity contribution >= 4 is 5.69 Å². The number of hydrazine groups is 1. The van der Waals surface area contributed by atoms with Gasteiger partial charge in [0.25, 0.3) is 0 Å². The van der Waals surface area contributed by atoms with E-state index in [1.165, 1.54) is 17.5 Å². The van der Waals surface area contributed by atoms with Crippen molar-refractivity contribution in [2.75, 3.05) is 11.6 Å². The summed E-state index contributed by atoms with van der Waals surface area (Å²) in [4.78, 5) is 0. The Balaban J connectivity index is 0.000000437. The Morgan fingerprint density at radius 1 is 1.29 bits per heavy atom. The van der Waals surface area contributed by atoms with Gasteiger partial charge in [-0.3, -0.25) is 0 Å². The van der Waals surface area contributed by atoms with Gasteiger partial charge >= 0.3 is 6.18 Å². The van der Waals surface area contributed by atoms with Gasteiger partial charge in [0, 0.05) is 6.54 Å². The topological polar surface area (TPSA) is 29.3 Å². The third-order valence-electron chi connectivity index (χ3n) is 2.34. The van der Waals surface area contributed by atoms with Crippen molar-refractivity contribution in [3.8, 4) is 0 Å². The van der Waals surface area contributed by atoms with Gasteiger partial charge in [-0.05, 0) is 24.1 Å². The molecule has 2 rings (SSSR count). The second kappa shape index (κ2) is 5.40. The summed E-state index contributed by atoms with van der Waals surface area (Å²) < 4.78 is 37.0. The van der Waals surface area contributed by atoms with Crippen LogP contribution in [0.5, 0.6) is 0 Å². The number of hydrogen-bond acceptors (Lipinski definition) is 2. The molecule has 0 fully saturated rings. The van der Waals surface area contributed by atoms with Gasteiger partial charge in [0.1, 0.15) is 0 Å². The molecule has 0 spiro atoms. The minimum absolute atomic E-state index is 0.486. The SMILES string of the molecule is CCC.NN1CCc2ccc(C(F)(F)F)cc21. The van der Waals surface area contributed by atoms with E-state index < -0.39 is 11.7 Å². The van der Waals surface area contributed by atoms with E-state index in [0.29, 0.717) is 18.7 Å². The molecule has 0 bridgehead atoms. The fourth-order valence-electron chi connectivity index (χ4n) is 1.58.